The van der Waals surface area contributed by atoms with Crippen molar-refractivity contribution in [2.45, 2.75) is 20.0 Å². The first-order valence-corrected chi connectivity index (χ1v) is 4.47. The number of alkyl halides is 1. The summed E-state index contributed by atoms with van der Waals surface area (Å²) < 4.78 is 17.5. The molecule has 0 aliphatic rings. The maximum absolute atomic E-state index is 12.4. The van der Waals surface area contributed by atoms with E-state index in [0.717, 1.165) is 0 Å². The van der Waals surface area contributed by atoms with Crippen molar-refractivity contribution in [3.8, 4) is 5.75 Å². The van der Waals surface area contributed by atoms with Gasteiger partial charge in [-0.25, -0.2) is 4.39 Å². The second-order valence-corrected chi connectivity index (χ2v) is 3.17. The zero-order valence-corrected chi connectivity index (χ0v) is 8.29. The maximum atomic E-state index is 12.4. The Labute approximate surface area is 82.7 Å². The third-order valence-corrected chi connectivity index (χ3v) is 1.74. The molecule has 0 saturated carbocycles. The fourth-order valence-corrected chi connectivity index (χ4v) is 0.997. The molecule has 0 amide bonds. The monoisotopic (exact) mass is 196 g/mol. The van der Waals surface area contributed by atoms with E-state index in [4.69, 9.17) is 4.74 Å². The number of hydrogen-bond acceptors (Lipinski definition) is 2. The number of benzene rings is 1. The Kier molecular flexibility index (Phi) is 3.63. The van der Waals surface area contributed by atoms with Crippen LogP contribution in [0.5, 0.6) is 5.75 Å². The van der Waals surface area contributed by atoms with Crippen molar-refractivity contribution in [3.63, 3.8) is 0 Å². The van der Waals surface area contributed by atoms with Crippen molar-refractivity contribution in [3.05, 3.63) is 29.8 Å². The molecule has 0 radical (unpaired) electrons. The highest BCUT2D eigenvalue weighted by Gasteiger charge is 2.01. The molecule has 14 heavy (non-hydrogen) atoms. The molecule has 0 heterocycles. The topological polar surface area (TPSA) is 26.3 Å². The summed E-state index contributed by atoms with van der Waals surface area (Å²) in [4.78, 5) is 10.9. The number of carbonyl (C=O) groups excluding carboxylic acids is 1. The first-order chi connectivity index (χ1) is 6.59. The Bertz CT molecular complexity index is 304. The Balaban J connectivity index is 2.60. The Morgan fingerprint density at radius 1 is 1.43 bits per heavy atom. The number of ether oxygens (including phenoxy) is 1. The van der Waals surface area contributed by atoms with Gasteiger partial charge in [-0.05, 0) is 38.1 Å². The molecule has 1 rings (SSSR count). The minimum absolute atomic E-state index is 0.00964. The minimum atomic E-state index is -0.984. The molecule has 0 spiro atoms. The predicted octanol–water partition coefficient (Wildman–Crippen LogP) is 2.63. The van der Waals surface area contributed by atoms with Gasteiger partial charge in [0.2, 0.25) is 0 Å². The molecule has 1 aromatic carbocycles. The normalized spacial score (nSPS) is 12.2. The minimum Gasteiger partial charge on any atom is -0.491 e. The summed E-state index contributed by atoms with van der Waals surface area (Å²) >= 11 is 0. The molecule has 0 saturated heterocycles. The van der Waals surface area contributed by atoms with Crippen molar-refractivity contribution < 1.29 is 13.9 Å². The molecule has 2 nitrogen and oxygen atoms in total. The van der Waals surface area contributed by atoms with Crippen molar-refractivity contribution in [1.29, 1.82) is 0 Å². The summed E-state index contributed by atoms with van der Waals surface area (Å²) in [5.74, 6) is 0.593. The van der Waals surface area contributed by atoms with Crippen LogP contribution < -0.4 is 4.74 Å². The van der Waals surface area contributed by atoms with Crippen LogP contribution in [0.25, 0.3) is 0 Å². The average Bonchev–Trinajstić information content (AvgIpc) is 2.15. The van der Waals surface area contributed by atoms with E-state index in [2.05, 4.69) is 0 Å². The van der Waals surface area contributed by atoms with Crippen LogP contribution in [0.4, 0.5) is 4.39 Å². The van der Waals surface area contributed by atoms with Crippen LogP contribution in [0, 0.1) is 0 Å². The van der Waals surface area contributed by atoms with E-state index in [-0.39, 0.29) is 12.4 Å². The van der Waals surface area contributed by atoms with Gasteiger partial charge in [0.25, 0.3) is 0 Å². The SMILES string of the molecule is CC(=O)c1ccc(OCC(C)F)cc1. The Morgan fingerprint density at radius 3 is 2.43 bits per heavy atom. The lowest BCUT2D eigenvalue weighted by molar-refractivity contribution is 0.101. The predicted molar refractivity (Wildman–Crippen MR) is 52.5 cm³/mol. The van der Waals surface area contributed by atoms with E-state index in [1.807, 2.05) is 0 Å². The Hall–Kier alpha value is -1.38. The number of Topliss-reactive ketones (excluding diaryl/α,β-unsaturated/α-hetero) is 1. The number of rotatable bonds is 4. The zero-order valence-electron chi connectivity index (χ0n) is 8.29. The van der Waals surface area contributed by atoms with Crippen molar-refractivity contribution in [2.24, 2.45) is 0 Å². The van der Waals surface area contributed by atoms with Gasteiger partial charge >= 0.3 is 0 Å². The van der Waals surface area contributed by atoms with E-state index in [9.17, 15) is 9.18 Å². The van der Waals surface area contributed by atoms with E-state index < -0.39 is 6.17 Å². The lowest BCUT2D eigenvalue weighted by Gasteiger charge is -2.06. The van der Waals surface area contributed by atoms with Crippen LogP contribution in [0.3, 0.4) is 0 Å². The lowest BCUT2D eigenvalue weighted by atomic mass is 10.1. The highest BCUT2D eigenvalue weighted by Crippen LogP contribution is 2.12. The second-order valence-electron chi connectivity index (χ2n) is 3.17. The summed E-state index contributed by atoms with van der Waals surface area (Å²) in [5.41, 5.74) is 0.630. The summed E-state index contributed by atoms with van der Waals surface area (Å²) in [5, 5.41) is 0. The highest BCUT2D eigenvalue weighted by molar-refractivity contribution is 5.94. The fourth-order valence-electron chi connectivity index (χ4n) is 0.997. The number of hydrogen-bond donors (Lipinski definition) is 0. The van der Waals surface area contributed by atoms with E-state index in [0.29, 0.717) is 11.3 Å². The van der Waals surface area contributed by atoms with Gasteiger partial charge < -0.3 is 4.74 Å². The molecule has 0 aliphatic heterocycles. The largest absolute Gasteiger partial charge is 0.491 e. The van der Waals surface area contributed by atoms with Gasteiger partial charge in [-0.1, -0.05) is 0 Å². The van der Waals surface area contributed by atoms with Crippen LogP contribution in [0.2, 0.25) is 0 Å². The molecule has 0 fully saturated rings. The van der Waals surface area contributed by atoms with Crippen molar-refractivity contribution in [1.82, 2.24) is 0 Å². The lowest BCUT2D eigenvalue weighted by Crippen LogP contribution is -2.08. The number of halogens is 1. The smallest absolute Gasteiger partial charge is 0.159 e. The third-order valence-electron chi connectivity index (χ3n) is 1.74. The molecule has 0 bridgehead atoms. The van der Waals surface area contributed by atoms with Gasteiger partial charge in [0.15, 0.2) is 5.78 Å². The van der Waals surface area contributed by atoms with Gasteiger partial charge in [0.1, 0.15) is 18.5 Å². The van der Waals surface area contributed by atoms with Crippen LogP contribution in [0.15, 0.2) is 24.3 Å². The van der Waals surface area contributed by atoms with Gasteiger partial charge in [-0.15, -0.1) is 0 Å². The first-order valence-electron chi connectivity index (χ1n) is 4.47. The van der Waals surface area contributed by atoms with Crippen LogP contribution in [-0.2, 0) is 0 Å². The maximum Gasteiger partial charge on any atom is 0.159 e. The summed E-state index contributed by atoms with van der Waals surface area (Å²) in [7, 11) is 0. The zero-order chi connectivity index (χ0) is 10.6. The molecule has 76 valence electrons. The van der Waals surface area contributed by atoms with E-state index in [1.54, 1.807) is 24.3 Å². The van der Waals surface area contributed by atoms with Gasteiger partial charge in [0.05, 0.1) is 0 Å². The Morgan fingerprint density at radius 2 is 2.00 bits per heavy atom. The second kappa shape index (κ2) is 4.74. The highest BCUT2D eigenvalue weighted by atomic mass is 19.1. The van der Waals surface area contributed by atoms with Gasteiger partial charge in [-0.3, -0.25) is 4.79 Å². The first kappa shape index (κ1) is 10.7. The number of ketones is 1. The van der Waals surface area contributed by atoms with Crippen molar-refractivity contribution in [2.75, 3.05) is 6.61 Å². The fraction of sp³-hybridized carbons (Fsp3) is 0.364. The number of carbonyl (C=O) groups is 1. The third kappa shape index (κ3) is 3.17. The quantitative estimate of drug-likeness (QED) is 0.692. The summed E-state index contributed by atoms with van der Waals surface area (Å²) in [6.45, 7) is 2.98. The average molecular weight is 196 g/mol. The van der Waals surface area contributed by atoms with Crippen molar-refractivity contribution >= 4 is 5.78 Å². The van der Waals surface area contributed by atoms with Crippen LogP contribution in [0.1, 0.15) is 24.2 Å². The molecule has 0 aliphatic carbocycles. The van der Waals surface area contributed by atoms with Gasteiger partial charge in [-0.2, -0.15) is 0 Å². The summed E-state index contributed by atoms with van der Waals surface area (Å²) in [6, 6.07) is 6.67. The van der Waals surface area contributed by atoms with Crippen LogP contribution >= 0.6 is 0 Å². The summed E-state index contributed by atoms with van der Waals surface area (Å²) in [6.07, 6.45) is -0.984. The molecular weight excluding hydrogens is 183 g/mol. The molecule has 1 atom stereocenters. The molecule has 1 unspecified atom stereocenters. The molecule has 0 aromatic heterocycles. The molecule has 3 heteroatoms. The van der Waals surface area contributed by atoms with Crippen LogP contribution in [-0.4, -0.2) is 18.6 Å². The standard InChI is InChI=1S/C11H13FO2/c1-8(12)7-14-11-5-3-10(4-6-11)9(2)13/h3-6,8H,7H2,1-2H3. The van der Waals surface area contributed by atoms with E-state index >= 15 is 0 Å². The molecular formula is C11H13FO2. The van der Waals surface area contributed by atoms with Gasteiger partial charge in [0, 0.05) is 5.56 Å². The van der Waals surface area contributed by atoms with E-state index in [1.165, 1.54) is 13.8 Å². The molecule has 0 N–H and O–H groups in total. The molecule has 1 aromatic rings.